The van der Waals surface area contributed by atoms with E-state index < -0.39 is 6.10 Å². The van der Waals surface area contributed by atoms with Gasteiger partial charge in [0.05, 0.1) is 23.5 Å². The summed E-state index contributed by atoms with van der Waals surface area (Å²) >= 11 is 1.71. The summed E-state index contributed by atoms with van der Waals surface area (Å²) in [6, 6.07) is 10.0. The molecule has 0 saturated carbocycles. The lowest BCUT2D eigenvalue weighted by atomic mass is 9.90. The predicted molar refractivity (Wildman–Crippen MR) is 103 cm³/mol. The number of imidazole rings is 1. The number of carbonyl (C=O) groups is 1. The van der Waals surface area contributed by atoms with E-state index in [4.69, 9.17) is 0 Å². The topological polar surface area (TPSA) is 58.4 Å². The van der Waals surface area contributed by atoms with Gasteiger partial charge in [0.15, 0.2) is 0 Å². The van der Waals surface area contributed by atoms with Gasteiger partial charge in [-0.3, -0.25) is 4.79 Å². The Balaban J connectivity index is 1.37. The summed E-state index contributed by atoms with van der Waals surface area (Å²) in [5.74, 6) is 0.250. The van der Waals surface area contributed by atoms with Gasteiger partial charge in [0, 0.05) is 36.9 Å². The van der Waals surface area contributed by atoms with Crippen LogP contribution in [0.5, 0.6) is 0 Å². The molecule has 26 heavy (non-hydrogen) atoms. The lowest BCUT2D eigenvalue weighted by Gasteiger charge is -2.36. The quantitative estimate of drug-likeness (QED) is 0.768. The molecule has 136 valence electrons. The zero-order valence-corrected chi connectivity index (χ0v) is 15.7. The molecule has 3 heterocycles. The molecule has 1 saturated heterocycles. The normalized spacial score (nSPS) is 20.6. The molecule has 1 N–H and O–H groups in total. The summed E-state index contributed by atoms with van der Waals surface area (Å²) in [7, 11) is 0. The van der Waals surface area contributed by atoms with E-state index >= 15 is 0 Å². The van der Waals surface area contributed by atoms with Crippen molar-refractivity contribution >= 4 is 28.3 Å². The Morgan fingerprint density at radius 1 is 1.35 bits per heavy atom. The number of aliphatic hydroxyl groups is 1. The summed E-state index contributed by atoms with van der Waals surface area (Å²) in [6.07, 6.45) is 2.55. The third-order valence-corrected chi connectivity index (χ3v) is 6.42. The molecule has 0 radical (unpaired) electrons. The Morgan fingerprint density at radius 3 is 2.96 bits per heavy atom. The number of fused-ring (bicyclic) bond motifs is 1. The fourth-order valence-electron chi connectivity index (χ4n) is 3.79. The summed E-state index contributed by atoms with van der Waals surface area (Å²) in [5.41, 5.74) is 3.24. The van der Waals surface area contributed by atoms with Gasteiger partial charge in [0.25, 0.3) is 0 Å². The molecular formula is C20H23N3O2S. The van der Waals surface area contributed by atoms with E-state index in [1.165, 1.54) is 10.4 Å². The van der Waals surface area contributed by atoms with Crippen LogP contribution in [-0.2, 0) is 11.3 Å². The van der Waals surface area contributed by atoms with Gasteiger partial charge in [-0.15, -0.1) is 11.3 Å². The van der Waals surface area contributed by atoms with Crippen LogP contribution >= 0.6 is 11.3 Å². The van der Waals surface area contributed by atoms with Gasteiger partial charge >= 0.3 is 0 Å². The third-order valence-electron chi connectivity index (χ3n) is 5.27. The Bertz CT molecular complexity index is 917. The maximum Gasteiger partial charge on any atom is 0.224 e. The first kappa shape index (κ1) is 17.2. The molecule has 1 aliphatic rings. The Kier molecular flexibility index (Phi) is 4.78. The van der Waals surface area contributed by atoms with E-state index in [0.29, 0.717) is 26.1 Å². The van der Waals surface area contributed by atoms with E-state index in [1.807, 2.05) is 33.7 Å². The third kappa shape index (κ3) is 3.27. The number of aryl methyl sites for hydroxylation is 2. The minimum atomic E-state index is -0.487. The van der Waals surface area contributed by atoms with Crippen LogP contribution in [0.15, 0.2) is 42.0 Å². The number of hydrogen-bond acceptors (Lipinski definition) is 4. The number of aliphatic hydroxyl groups excluding tert-OH is 1. The second-order valence-electron chi connectivity index (χ2n) is 6.95. The van der Waals surface area contributed by atoms with Crippen molar-refractivity contribution in [3.05, 3.63) is 52.5 Å². The van der Waals surface area contributed by atoms with Crippen LogP contribution in [0.1, 0.15) is 29.2 Å². The molecule has 1 aromatic carbocycles. The maximum absolute atomic E-state index is 12.6. The zero-order chi connectivity index (χ0) is 18.1. The van der Waals surface area contributed by atoms with Gasteiger partial charge in [-0.2, -0.15) is 0 Å². The number of amides is 1. The molecular weight excluding hydrogens is 346 g/mol. The highest BCUT2D eigenvalue weighted by Gasteiger charge is 2.32. The number of likely N-dealkylation sites (tertiary alicyclic amines) is 1. The molecule has 2 atom stereocenters. The number of β-amino-alcohol motifs (C(OH)–C–C–N with tert-alkyl or cyclic N) is 1. The zero-order valence-electron chi connectivity index (χ0n) is 14.8. The highest BCUT2D eigenvalue weighted by molar-refractivity contribution is 7.10. The molecule has 1 aliphatic heterocycles. The van der Waals surface area contributed by atoms with Gasteiger partial charge in [-0.1, -0.05) is 12.1 Å². The molecule has 0 spiro atoms. The largest absolute Gasteiger partial charge is 0.391 e. The lowest BCUT2D eigenvalue weighted by Crippen LogP contribution is -2.45. The number of benzene rings is 1. The number of piperidine rings is 1. The molecule has 0 bridgehead atoms. The van der Waals surface area contributed by atoms with Gasteiger partial charge in [0.2, 0.25) is 5.91 Å². The summed E-state index contributed by atoms with van der Waals surface area (Å²) in [4.78, 5) is 20.1. The molecule has 2 aromatic heterocycles. The molecule has 0 unspecified atom stereocenters. The van der Waals surface area contributed by atoms with Crippen LogP contribution in [0.2, 0.25) is 0 Å². The van der Waals surface area contributed by atoms with E-state index in [0.717, 1.165) is 17.5 Å². The Morgan fingerprint density at radius 2 is 2.19 bits per heavy atom. The summed E-state index contributed by atoms with van der Waals surface area (Å²) < 4.78 is 2.02. The van der Waals surface area contributed by atoms with Gasteiger partial charge < -0.3 is 14.6 Å². The van der Waals surface area contributed by atoms with Crippen molar-refractivity contribution in [1.29, 1.82) is 0 Å². The number of aromatic nitrogens is 2. The van der Waals surface area contributed by atoms with Gasteiger partial charge in [-0.25, -0.2) is 4.98 Å². The number of para-hydroxylation sites is 2. The molecule has 0 aliphatic carbocycles. The van der Waals surface area contributed by atoms with Crippen molar-refractivity contribution in [2.45, 2.75) is 38.3 Å². The molecule has 5 nitrogen and oxygen atoms in total. The SMILES string of the molecule is Cc1ccsc1[C@@H]1CCN(C(=O)CCn2cnc3ccccc32)C[C@H]1O. The second-order valence-corrected chi connectivity index (χ2v) is 7.89. The number of rotatable bonds is 4. The summed E-state index contributed by atoms with van der Waals surface area (Å²) in [6.45, 7) is 3.83. The van der Waals surface area contributed by atoms with Crippen LogP contribution in [0, 0.1) is 6.92 Å². The van der Waals surface area contributed by atoms with Crippen LogP contribution in [0.4, 0.5) is 0 Å². The fraction of sp³-hybridized carbons (Fsp3) is 0.400. The van der Waals surface area contributed by atoms with Crippen LogP contribution in [0.25, 0.3) is 11.0 Å². The average molecular weight is 369 g/mol. The minimum absolute atomic E-state index is 0.100. The first-order valence-corrected chi connectivity index (χ1v) is 9.91. The van der Waals surface area contributed by atoms with E-state index in [9.17, 15) is 9.90 Å². The van der Waals surface area contributed by atoms with Crippen molar-refractivity contribution < 1.29 is 9.90 Å². The minimum Gasteiger partial charge on any atom is -0.391 e. The number of thiophene rings is 1. The van der Waals surface area contributed by atoms with Crippen molar-refractivity contribution in [2.75, 3.05) is 13.1 Å². The second kappa shape index (κ2) is 7.21. The van der Waals surface area contributed by atoms with E-state index in [1.54, 1.807) is 17.7 Å². The van der Waals surface area contributed by atoms with E-state index in [2.05, 4.69) is 23.4 Å². The smallest absolute Gasteiger partial charge is 0.224 e. The Labute approximate surface area is 156 Å². The average Bonchev–Trinajstić information content (AvgIpc) is 3.26. The first-order valence-electron chi connectivity index (χ1n) is 9.03. The number of nitrogens with zero attached hydrogens (tertiary/aromatic N) is 3. The van der Waals surface area contributed by atoms with E-state index in [-0.39, 0.29) is 11.8 Å². The van der Waals surface area contributed by atoms with Gasteiger partial charge in [-0.05, 0) is 42.5 Å². The molecule has 3 aromatic rings. The van der Waals surface area contributed by atoms with Crippen molar-refractivity contribution in [1.82, 2.24) is 14.5 Å². The highest BCUT2D eigenvalue weighted by atomic mass is 32.1. The molecule has 6 heteroatoms. The van der Waals surface area contributed by atoms with Crippen molar-refractivity contribution in [3.63, 3.8) is 0 Å². The Hall–Kier alpha value is -2.18. The maximum atomic E-state index is 12.6. The first-order chi connectivity index (χ1) is 12.6. The van der Waals surface area contributed by atoms with Crippen LogP contribution in [-0.4, -0.2) is 44.7 Å². The highest BCUT2D eigenvalue weighted by Crippen LogP contribution is 2.34. The van der Waals surface area contributed by atoms with Crippen LogP contribution in [0.3, 0.4) is 0 Å². The molecule has 1 fully saturated rings. The number of carbonyl (C=O) groups excluding carboxylic acids is 1. The monoisotopic (exact) mass is 369 g/mol. The summed E-state index contributed by atoms with van der Waals surface area (Å²) in [5, 5.41) is 12.6. The van der Waals surface area contributed by atoms with Crippen molar-refractivity contribution in [2.24, 2.45) is 0 Å². The standard InChI is InChI=1S/C20H23N3O2S/c1-14-8-11-26-20(14)15-6-9-22(12-18(15)24)19(25)7-10-23-13-21-16-4-2-3-5-17(16)23/h2-5,8,11,13,15,18,24H,6-7,9-10,12H2,1H3/t15-,18-/m1/s1. The molecule has 4 rings (SSSR count). The predicted octanol–water partition coefficient (Wildman–Crippen LogP) is 3.17. The number of hydrogen-bond donors (Lipinski definition) is 1. The lowest BCUT2D eigenvalue weighted by molar-refractivity contribution is -0.134. The van der Waals surface area contributed by atoms with Crippen molar-refractivity contribution in [3.8, 4) is 0 Å². The van der Waals surface area contributed by atoms with Gasteiger partial charge in [0.1, 0.15) is 0 Å². The molecule has 1 amide bonds. The fourth-order valence-corrected chi connectivity index (χ4v) is 4.91. The van der Waals surface area contributed by atoms with Crippen LogP contribution < -0.4 is 0 Å².